The van der Waals surface area contributed by atoms with Gasteiger partial charge in [0.15, 0.2) is 12.6 Å². The molecule has 2 fully saturated rings. The molecule has 0 aromatic heterocycles. The molecule has 0 saturated carbocycles. The van der Waals surface area contributed by atoms with Gasteiger partial charge in [0.05, 0.1) is 32.0 Å². The number of amides is 1. The van der Waals surface area contributed by atoms with E-state index in [4.69, 9.17) is 18.9 Å². The summed E-state index contributed by atoms with van der Waals surface area (Å²) in [4.78, 5) is 12.7. The summed E-state index contributed by atoms with van der Waals surface area (Å²) in [5.74, 6) is -0.240. The van der Waals surface area contributed by atoms with Crippen molar-refractivity contribution in [3.8, 4) is 0 Å². The summed E-state index contributed by atoms with van der Waals surface area (Å²) in [6.07, 6.45) is 21.3. The standard InChI is InChI=1S/C49H95NO13/c1-3-5-7-8-9-10-11-12-13-14-15-16-17-18-19-20-21-22-23-24-25-26-27-28-29-30-31-32-38(53)37(50-41(54)33-6-4-2)36-60-48-46(59)44(57)47(40(35-52)62-48)63-49-45(58)43(56)42(55)39(34-51)61-49/h37-40,42-49,51-53,55-59H,3-36H2,1-2H3,(H,50,54). The zero-order valence-corrected chi connectivity index (χ0v) is 39.6. The number of hydrogen-bond acceptors (Lipinski definition) is 13. The highest BCUT2D eigenvalue weighted by molar-refractivity contribution is 5.76. The zero-order valence-electron chi connectivity index (χ0n) is 39.6. The monoisotopic (exact) mass is 906 g/mol. The molecule has 14 nitrogen and oxygen atoms in total. The maximum atomic E-state index is 12.7. The van der Waals surface area contributed by atoms with Crippen molar-refractivity contribution in [3.05, 3.63) is 0 Å². The van der Waals surface area contributed by atoms with Crippen molar-refractivity contribution in [3.63, 3.8) is 0 Å². The fourth-order valence-electron chi connectivity index (χ4n) is 8.80. The van der Waals surface area contributed by atoms with Gasteiger partial charge in [-0.15, -0.1) is 0 Å². The maximum Gasteiger partial charge on any atom is 0.220 e. The first-order chi connectivity index (χ1) is 30.6. The van der Waals surface area contributed by atoms with Crippen LogP contribution in [0, 0.1) is 0 Å². The first-order valence-corrected chi connectivity index (χ1v) is 25.8. The van der Waals surface area contributed by atoms with Gasteiger partial charge in [-0.25, -0.2) is 0 Å². The van der Waals surface area contributed by atoms with Crippen molar-refractivity contribution in [2.45, 2.75) is 286 Å². The molecule has 12 unspecified atom stereocenters. The third-order valence-corrected chi connectivity index (χ3v) is 13.1. The summed E-state index contributed by atoms with van der Waals surface area (Å²) >= 11 is 0. The molecule has 0 bridgehead atoms. The number of hydrogen-bond donors (Lipinski definition) is 9. The molecule has 63 heavy (non-hydrogen) atoms. The Bertz CT molecular complexity index is 1070. The second-order valence-corrected chi connectivity index (χ2v) is 18.7. The van der Waals surface area contributed by atoms with Gasteiger partial charge in [-0.3, -0.25) is 4.79 Å². The highest BCUT2D eigenvalue weighted by Crippen LogP contribution is 2.30. The molecule has 0 aliphatic carbocycles. The van der Waals surface area contributed by atoms with Gasteiger partial charge in [-0.05, 0) is 12.8 Å². The summed E-state index contributed by atoms with van der Waals surface area (Å²) in [7, 11) is 0. The summed E-state index contributed by atoms with van der Waals surface area (Å²) in [5, 5.41) is 86.1. The average Bonchev–Trinajstić information content (AvgIpc) is 3.28. The minimum absolute atomic E-state index is 0.240. The predicted molar refractivity (Wildman–Crippen MR) is 245 cm³/mol. The molecule has 0 spiro atoms. The molecular weight excluding hydrogens is 811 g/mol. The number of rotatable bonds is 40. The zero-order chi connectivity index (χ0) is 46.1. The van der Waals surface area contributed by atoms with Gasteiger partial charge in [0, 0.05) is 6.42 Å². The Kier molecular flexibility index (Phi) is 34.2. The minimum Gasteiger partial charge on any atom is -0.394 e. The van der Waals surface area contributed by atoms with E-state index in [1.54, 1.807) is 0 Å². The lowest BCUT2D eigenvalue weighted by molar-refractivity contribution is -0.359. The molecule has 14 heteroatoms. The summed E-state index contributed by atoms with van der Waals surface area (Å²) in [6, 6.07) is -0.818. The normalized spacial score (nSPS) is 27.4. The number of nitrogens with one attached hydrogen (secondary N) is 1. The molecule has 374 valence electrons. The number of aliphatic hydroxyl groups excluding tert-OH is 8. The second kappa shape index (κ2) is 37.0. The van der Waals surface area contributed by atoms with Crippen molar-refractivity contribution in [2.24, 2.45) is 0 Å². The summed E-state index contributed by atoms with van der Waals surface area (Å²) < 4.78 is 22.5. The molecule has 12 atom stereocenters. The fraction of sp³-hybridized carbons (Fsp3) is 0.980. The van der Waals surface area contributed by atoms with Gasteiger partial charge in [0.25, 0.3) is 0 Å². The van der Waals surface area contributed by atoms with E-state index in [1.165, 1.54) is 148 Å². The van der Waals surface area contributed by atoms with Crippen LogP contribution in [0.25, 0.3) is 0 Å². The van der Waals surface area contributed by atoms with Crippen molar-refractivity contribution in [2.75, 3.05) is 19.8 Å². The van der Waals surface area contributed by atoms with Crippen LogP contribution in [0.2, 0.25) is 0 Å². The van der Waals surface area contributed by atoms with Crippen molar-refractivity contribution in [1.29, 1.82) is 0 Å². The lowest BCUT2D eigenvalue weighted by Gasteiger charge is -2.46. The van der Waals surface area contributed by atoms with Gasteiger partial charge in [0.1, 0.15) is 48.8 Å². The maximum absolute atomic E-state index is 12.7. The van der Waals surface area contributed by atoms with Gasteiger partial charge in [-0.1, -0.05) is 194 Å². The van der Waals surface area contributed by atoms with Crippen LogP contribution in [0.5, 0.6) is 0 Å². The Morgan fingerprint density at radius 2 is 0.905 bits per heavy atom. The van der Waals surface area contributed by atoms with E-state index in [2.05, 4.69) is 12.2 Å². The third-order valence-electron chi connectivity index (χ3n) is 13.1. The first kappa shape index (κ1) is 58.1. The van der Waals surface area contributed by atoms with Crippen LogP contribution < -0.4 is 5.32 Å². The van der Waals surface area contributed by atoms with Crippen LogP contribution in [0.1, 0.15) is 213 Å². The van der Waals surface area contributed by atoms with E-state index < -0.39 is 86.8 Å². The number of aliphatic hydroxyl groups is 8. The first-order valence-electron chi connectivity index (χ1n) is 25.8. The molecule has 0 aromatic rings. The van der Waals surface area contributed by atoms with Gasteiger partial charge >= 0.3 is 0 Å². The Hall–Kier alpha value is -1.01. The Labute approximate surface area is 381 Å². The largest absolute Gasteiger partial charge is 0.394 e. The molecular formula is C49H95NO13. The third kappa shape index (κ3) is 24.5. The van der Waals surface area contributed by atoms with Crippen molar-refractivity contribution in [1.82, 2.24) is 5.32 Å². The van der Waals surface area contributed by atoms with Crippen LogP contribution >= 0.6 is 0 Å². The minimum atomic E-state index is -1.78. The summed E-state index contributed by atoms with van der Waals surface area (Å²) in [6.45, 7) is 2.61. The van der Waals surface area contributed by atoms with E-state index in [9.17, 15) is 45.6 Å². The molecule has 2 aliphatic heterocycles. The Balaban J connectivity index is 1.57. The molecule has 2 heterocycles. The lowest BCUT2D eigenvalue weighted by atomic mass is 9.97. The van der Waals surface area contributed by atoms with E-state index in [0.717, 1.165) is 32.1 Å². The highest BCUT2D eigenvalue weighted by atomic mass is 16.7. The van der Waals surface area contributed by atoms with Gasteiger partial charge in [-0.2, -0.15) is 0 Å². The second-order valence-electron chi connectivity index (χ2n) is 18.7. The Morgan fingerprint density at radius 3 is 1.33 bits per heavy atom. The van der Waals surface area contributed by atoms with Crippen molar-refractivity contribution >= 4 is 5.91 Å². The molecule has 0 radical (unpaired) electrons. The molecule has 1 amide bonds. The average molecular weight is 906 g/mol. The molecule has 2 saturated heterocycles. The topological polar surface area (TPSA) is 228 Å². The number of carbonyl (C=O) groups excluding carboxylic acids is 1. The quantitative estimate of drug-likeness (QED) is 0.0296. The summed E-state index contributed by atoms with van der Waals surface area (Å²) in [5.41, 5.74) is 0. The fourth-order valence-corrected chi connectivity index (χ4v) is 8.80. The van der Waals surface area contributed by atoms with E-state index in [0.29, 0.717) is 12.8 Å². The highest BCUT2D eigenvalue weighted by Gasteiger charge is 2.51. The van der Waals surface area contributed by atoms with E-state index >= 15 is 0 Å². The number of carbonyl (C=O) groups is 1. The van der Waals surface area contributed by atoms with E-state index in [1.807, 2.05) is 6.92 Å². The molecule has 9 N–H and O–H groups in total. The van der Waals surface area contributed by atoms with Crippen LogP contribution in [0.15, 0.2) is 0 Å². The number of unbranched alkanes of at least 4 members (excludes halogenated alkanes) is 27. The SMILES string of the molecule is CCCCCCCCCCCCCCCCCCCCCCCCCCCCCC(O)C(COC1OC(CO)C(OC2OC(CO)C(O)C(O)C2O)C(O)C1O)NC(=O)CCCC. The van der Waals surface area contributed by atoms with Crippen LogP contribution in [-0.2, 0) is 23.7 Å². The van der Waals surface area contributed by atoms with Crippen LogP contribution in [0.3, 0.4) is 0 Å². The van der Waals surface area contributed by atoms with E-state index in [-0.39, 0.29) is 18.9 Å². The molecule has 0 aromatic carbocycles. The lowest BCUT2D eigenvalue weighted by Crippen LogP contribution is -2.65. The number of ether oxygens (including phenoxy) is 4. The Morgan fingerprint density at radius 1 is 0.508 bits per heavy atom. The van der Waals surface area contributed by atoms with Crippen LogP contribution in [-0.4, -0.2) is 140 Å². The van der Waals surface area contributed by atoms with Crippen molar-refractivity contribution < 1.29 is 64.6 Å². The molecule has 2 rings (SSSR count). The van der Waals surface area contributed by atoms with Gasteiger partial charge in [0.2, 0.25) is 5.91 Å². The smallest absolute Gasteiger partial charge is 0.220 e. The predicted octanol–water partition coefficient (Wildman–Crippen LogP) is 6.61. The van der Waals surface area contributed by atoms with Crippen LogP contribution in [0.4, 0.5) is 0 Å². The van der Waals surface area contributed by atoms with Gasteiger partial charge < -0.3 is 65.1 Å². The molecule has 2 aliphatic rings.